The van der Waals surface area contributed by atoms with E-state index >= 15 is 0 Å². The van der Waals surface area contributed by atoms with Gasteiger partial charge in [0.15, 0.2) is 5.84 Å². The number of carbonyl (C=O) groups excluding carboxylic acids is 1. The van der Waals surface area contributed by atoms with Crippen molar-refractivity contribution in [2.75, 3.05) is 0 Å². The summed E-state index contributed by atoms with van der Waals surface area (Å²) >= 11 is 1.50. The molecule has 1 heterocycles. The van der Waals surface area contributed by atoms with Crippen LogP contribution in [0.15, 0.2) is 16.7 Å². The number of hydrogen-bond donors (Lipinski definition) is 3. The van der Waals surface area contributed by atoms with Crippen LogP contribution in [0.2, 0.25) is 0 Å². The van der Waals surface area contributed by atoms with Crippen molar-refractivity contribution in [1.82, 2.24) is 10.3 Å². The number of nitrogens with zero attached hydrogens (tertiary/aromatic N) is 2. The average molecular weight is 310 g/mol. The van der Waals surface area contributed by atoms with Gasteiger partial charge in [0.2, 0.25) is 5.91 Å². The van der Waals surface area contributed by atoms with E-state index in [0.717, 1.165) is 30.7 Å². The van der Waals surface area contributed by atoms with Crippen LogP contribution in [-0.4, -0.2) is 21.9 Å². The molecule has 1 aromatic rings. The van der Waals surface area contributed by atoms with Crippen LogP contribution >= 0.6 is 11.3 Å². The minimum Gasteiger partial charge on any atom is -0.409 e. The topological polar surface area (TPSA) is 101 Å². The standard InChI is InChI=1S/C14H22N4O2S/c1-10(11-16-8-9-21-11)17-13(19)14(12(15)18-20)6-4-2-3-5-7-14/h8-10,20H,2-7H2,1H3,(H2,15,18)(H,17,19). The average Bonchev–Trinajstić information content (AvgIpc) is 2.91. The molecule has 1 unspecified atom stereocenters. The van der Waals surface area contributed by atoms with E-state index in [0.29, 0.717) is 12.8 Å². The molecule has 7 heteroatoms. The summed E-state index contributed by atoms with van der Waals surface area (Å²) in [6.45, 7) is 1.90. The maximum absolute atomic E-state index is 12.8. The largest absolute Gasteiger partial charge is 0.409 e. The molecular formula is C14H22N4O2S. The summed E-state index contributed by atoms with van der Waals surface area (Å²) in [5.74, 6) is -0.143. The minimum absolute atomic E-state index is 0.0215. The Morgan fingerprint density at radius 1 is 1.48 bits per heavy atom. The Bertz CT molecular complexity index is 493. The molecule has 1 saturated carbocycles. The van der Waals surface area contributed by atoms with E-state index in [9.17, 15) is 4.79 Å². The lowest BCUT2D eigenvalue weighted by molar-refractivity contribution is -0.129. The molecule has 6 nitrogen and oxygen atoms in total. The molecule has 1 fully saturated rings. The SMILES string of the molecule is CC(NC(=O)C1(C(N)=NO)CCCCCC1)c1nccs1. The summed E-state index contributed by atoms with van der Waals surface area (Å²) in [4.78, 5) is 17.0. The summed E-state index contributed by atoms with van der Waals surface area (Å²) in [5, 5.41) is 17.9. The zero-order chi connectivity index (χ0) is 15.3. The summed E-state index contributed by atoms with van der Waals surface area (Å²) in [6.07, 6.45) is 6.95. The number of nitrogens with one attached hydrogen (secondary N) is 1. The number of amides is 1. The Kier molecular flexibility index (Phi) is 5.17. The number of oxime groups is 1. The quantitative estimate of drug-likeness (QED) is 0.261. The fourth-order valence-corrected chi connectivity index (χ4v) is 3.52. The maximum Gasteiger partial charge on any atom is 0.234 e. The summed E-state index contributed by atoms with van der Waals surface area (Å²) in [6, 6.07) is -0.177. The highest BCUT2D eigenvalue weighted by Crippen LogP contribution is 2.36. The Morgan fingerprint density at radius 3 is 2.67 bits per heavy atom. The van der Waals surface area contributed by atoms with Crippen molar-refractivity contribution in [3.63, 3.8) is 0 Å². The molecule has 0 radical (unpaired) electrons. The van der Waals surface area contributed by atoms with Crippen molar-refractivity contribution in [2.24, 2.45) is 16.3 Å². The smallest absolute Gasteiger partial charge is 0.234 e. The first-order chi connectivity index (χ1) is 10.1. The van der Waals surface area contributed by atoms with Gasteiger partial charge in [-0.3, -0.25) is 4.79 Å². The zero-order valence-corrected chi connectivity index (χ0v) is 13.0. The van der Waals surface area contributed by atoms with E-state index in [4.69, 9.17) is 10.9 Å². The second kappa shape index (κ2) is 6.89. The van der Waals surface area contributed by atoms with Crippen LogP contribution in [0.5, 0.6) is 0 Å². The number of nitrogens with two attached hydrogens (primary N) is 1. The molecule has 2 rings (SSSR count). The second-order valence-corrected chi connectivity index (χ2v) is 6.47. The molecule has 0 aliphatic heterocycles. The van der Waals surface area contributed by atoms with Crippen molar-refractivity contribution in [2.45, 2.75) is 51.5 Å². The van der Waals surface area contributed by atoms with Crippen LogP contribution in [0.4, 0.5) is 0 Å². The van der Waals surface area contributed by atoms with Gasteiger partial charge in [-0.25, -0.2) is 4.98 Å². The third kappa shape index (κ3) is 3.34. The fourth-order valence-electron chi connectivity index (χ4n) is 2.87. The molecule has 1 atom stereocenters. The monoisotopic (exact) mass is 310 g/mol. The molecule has 116 valence electrons. The van der Waals surface area contributed by atoms with Crippen molar-refractivity contribution >= 4 is 23.1 Å². The van der Waals surface area contributed by atoms with Crippen LogP contribution in [-0.2, 0) is 4.79 Å². The third-order valence-corrected chi connectivity index (χ3v) is 5.12. The van der Waals surface area contributed by atoms with Gasteiger partial charge in [-0.05, 0) is 19.8 Å². The molecule has 1 amide bonds. The number of rotatable bonds is 4. The number of amidine groups is 1. The number of aromatic nitrogens is 1. The number of thiazole rings is 1. The van der Waals surface area contributed by atoms with Crippen LogP contribution in [0.3, 0.4) is 0 Å². The first-order valence-electron chi connectivity index (χ1n) is 7.28. The van der Waals surface area contributed by atoms with Gasteiger partial charge in [0, 0.05) is 11.6 Å². The maximum atomic E-state index is 12.8. The van der Waals surface area contributed by atoms with Gasteiger partial charge in [-0.1, -0.05) is 30.8 Å². The minimum atomic E-state index is -0.892. The van der Waals surface area contributed by atoms with Crippen molar-refractivity contribution in [1.29, 1.82) is 0 Å². The van der Waals surface area contributed by atoms with Gasteiger partial charge in [0.05, 0.1) is 6.04 Å². The van der Waals surface area contributed by atoms with Gasteiger partial charge in [-0.15, -0.1) is 11.3 Å². The molecule has 1 aromatic heterocycles. The van der Waals surface area contributed by atoms with Gasteiger partial charge >= 0.3 is 0 Å². The first kappa shape index (κ1) is 15.8. The number of hydrogen-bond acceptors (Lipinski definition) is 5. The summed E-state index contributed by atoms with van der Waals surface area (Å²) in [5.41, 5.74) is 4.98. The third-order valence-electron chi connectivity index (χ3n) is 4.16. The Hall–Kier alpha value is -1.63. The summed E-state index contributed by atoms with van der Waals surface area (Å²) < 4.78 is 0. The Balaban J connectivity index is 2.18. The van der Waals surface area contributed by atoms with Gasteiger partial charge in [0.25, 0.3) is 0 Å². The van der Waals surface area contributed by atoms with E-state index in [2.05, 4.69) is 15.5 Å². The Morgan fingerprint density at radius 2 is 2.14 bits per heavy atom. The van der Waals surface area contributed by atoms with Crippen molar-refractivity contribution in [3.8, 4) is 0 Å². The summed E-state index contributed by atoms with van der Waals surface area (Å²) in [7, 11) is 0. The molecule has 21 heavy (non-hydrogen) atoms. The highest BCUT2D eigenvalue weighted by molar-refractivity contribution is 7.09. The lowest BCUT2D eigenvalue weighted by Gasteiger charge is -2.31. The molecule has 1 aliphatic carbocycles. The van der Waals surface area contributed by atoms with E-state index in [1.54, 1.807) is 6.20 Å². The molecular weight excluding hydrogens is 288 g/mol. The van der Waals surface area contributed by atoms with Crippen LogP contribution < -0.4 is 11.1 Å². The van der Waals surface area contributed by atoms with E-state index in [-0.39, 0.29) is 17.8 Å². The predicted molar refractivity (Wildman–Crippen MR) is 82.2 cm³/mol. The van der Waals surface area contributed by atoms with Crippen LogP contribution in [0.25, 0.3) is 0 Å². The fraction of sp³-hybridized carbons (Fsp3) is 0.643. The second-order valence-electron chi connectivity index (χ2n) is 5.55. The molecule has 0 aromatic carbocycles. The molecule has 0 spiro atoms. The zero-order valence-electron chi connectivity index (χ0n) is 12.2. The highest BCUT2D eigenvalue weighted by Gasteiger charge is 2.43. The van der Waals surface area contributed by atoms with Crippen LogP contribution in [0.1, 0.15) is 56.5 Å². The number of carbonyl (C=O) groups is 1. The van der Waals surface area contributed by atoms with Crippen molar-refractivity contribution in [3.05, 3.63) is 16.6 Å². The lowest BCUT2D eigenvalue weighted by Crippen LogP contribution is -2.50. The van der Waals surface area contributed by atoms with Gasteiger partial charge in [0.1, 0.15) is 10.4 Å². The highest BCUT2D eigenvalue weighted by atomic mass is 32.1. The Labute approximate surface area is 128 Å². The predicted octanol–water partition coefficient (Wildman–Crippen LogP) is 2.41. The molecule has 4 N–H and O–H groups in total. The first-order valence-corrected chi connectivity index (χ1v) is 8.16. The molecule has 0 saturated heterocycles. The normalized spacial score (nSPS) is 20.5. The molecule has 0 bridgehead atoms. The van der Waals surface area contributed by atoms with E-state index < -0.39 is 5.41 Å². The van der Waals surface area contributed by atoms with Gasteiger partial charge < -0.3 is 16.3 Å². The van der Waals surface area contributed by atoms with E-state index in [1.165, 1.54) is 11.3 Å². The lowest BCUT2D eigenvalue weighted by atomic mass is 9.78. The van der Waals surface area contributed by atoms with E-state index in [1.807, 2.05) is 12.3 Å². The molecule has 1 aliphatic rings. The van der Waals surface area contributed by atoms with Crippen LogP contribution in [0, 0.1) is 5.41 Å². The van der Waals surface area contributed by atoms with Crippen molar-refractivity contribution < 1.29 is 10.0 Å². The van der Waals surface area contributed by atoms with Gasteiger partial charge in [-0.2, -0.15) is 0 Å².